The molecule has 1 saturated carbocycles. The minimum Gasteiger partial charge on any atom is -0.329 e. The van der Waals surface area contributed by atoms with Crippen molar-refractivity contribution < 1.29 is 0 Å². The van der Waals surface area contributed by atoms with Gasteiger partial charge in [-0.2, -0.15) is 0 Å². The SMILES string of the molecule is CCC1CCN(C(C)C2(C)CC2)C(CN)C1. The largest absolute Gasteiger partial charge is 0.329 e. The highest BCUT2D eigenvalue weighted by Crippen LogP contribution is 2.50. The number of piperidine rings is 1. The Hall–Kier alpha value is -0.0800. The molecule has 0 aromatic rings. The highest BCUT2D eigenvalue weighted by atomic mass is 15.2. The molecule has 0 radical (unpaired) electrons. The van der Waals surface area contributed by atoms with Gasteiger partial charge in [-0.3, -0.25) is 4.90 Å². The second-order valence-electron chi connectivity index (χ2n) is 6.26. The van der Waals surface area contributed by atoms with E-state index in [1.807, 2.05) is 0 Å². The Balaban J connectivity index is 1.98. The maximum atomic E-state index is 5.97. The van der Waals surface area contributed by atoms with E-state index < -0.39 is 0 Å². The molecule has 1 heterocycles. The van der Waals surface area contributed by atoms with Crippen molar-refractivity contribution in [2.24, 2.45) is 17.1 Å². The Morgan fingerprint density at radius 3 is 2.62 bits per heavy atom. The zero-order valence-corrected chi connectivity index (χ0v) is 11.2. The molecular formula is C14H28N2. The van der Waals surface area contributed by atoms with Gasteiger partial charge in [0.15, 0.2) is 0 Å². The predicted molar refractivity (Wildman–Crippen MR) is 69.4 cm³/mol. The van der Waals surface area contributed by atoms with Gasteiger partial charge in [0, 0.05) is 18.6 Å². The Labute approximate surface area is 101 Å². The van der Waals surface area contributed by atoms with Crippen LogP contribution in [0.5, 0.6) is 0 Å². The zero-order chi connectivity index (χ0) is 11.8. The van der Waals surface area contributed by atoms with Crippen LogP contribution in [0.1, 0.15) is 52.9 Å². The maximum Gasteiger partial charge on any atom is 0.0224 e. The van der Waals surface area contributed by atoms with Gasteiger partial charge in [-0.15, -0.1) is 0 Å². The molecule has 0 spiro atoms. The molecule has 1 saturated heterocycles. The van der Waals surface area contributed by atoms with E-state index in [9.17, 15) is 0 Å². The van der Waals surface area contributed by atoms with E-state index in [0.717, 1.165) is 18.5 Å². The summed E-state index contributed by atoms with van der Waals surface area (Å²) in [6.07, 6.45) is 6.87. The molecule has 2 rings (SSSR count). The van der Waals surface area contributed by atoms with Gasteiger partial charge in [0.2, 0.25) is 0 Å². The van der Waals surface area contributed by atoms with Crippen molar-refractivity contribution in [2.45, 2.75) is 65.0 Å². The molecule has 2 fully saturated rings. The monoisotopic (exact) mass is 224 g/mol. The molecule has 2 heteroatoms. The third-order valence-electron chi connectivity index (χ3n) is 5.26. The van der Waals surface area contributed by atoms with Crippen LogP contribution in [-0.2, 0) is 0 Å². The molecule has 1 aliphatic carbocycles. The van der Waals surface area contributed by atoms with Crippen molar-refractivity contribution in [2.75, 3.05) is 13.1 Å². The van der Waals surface area contributed by atoms with E-state index in [-0.39, 0.29) is 0 Å². The van der Waals surface area contributed by atoms with Crippen LogP contribution in [0.15, 0.2) is 0 Å². The summed E-state index contributed by atoms with van der Waals surface area (Å²) < 4.78 is 0. The van der Waals surface area contributed by atoms with Crippen LogP contribution in [0.25, 0.3) is 0 Å². The predicted octanol–water partition coefficient (Wildman–Crippen LogP) is 2.62. The Morgan fingerprint density at radius 1 is 1.44 bits per heavy atom. The summed E-state index contributed by atoms with van der Waals surface area (Å²) in [5.74, 6) is 0.920. The van der Waals surface area contributed by atoms with Gasteiger partial charge in [0.25, 0.3) is 0 Å². The summed E-state index contributed by atoms with van der Waals surface area (Å²) in [6, 6.07) is 1.38. The highest BCUT2D eigenvalue weighted by Gasteiger charge is 2.46. The Morgan fingerprint density at radius 2 is 2.12 bits per heavy atom. The van der Waals surface area contributed by atoms with Gasteiger partial charge in [-0.1, -0.05) is 20.3 Å². The molecule has 0 aromatic carbocycles. The molecule has 0 amide bonds. The fourth-order valence-electron chi connectivity index (χ4n) is 3.28. The number of rotatable bonds is 4. The first-order valence-corrected chi connectivity index (χ1v) is 7.06. The van der Waals surface area contributed by atoms with Crippen molar-refractivity contribution in [3.05, 3.63) is 0 Å². The number of likely N-dealkylation sites (tertiary alicyclic amines) is 1. The smallest absolute Gasteiger partial charge is 0.0224 e. The molecule has 2 N–H and O–H groups in total. The number of hydrogen-bond donors (Lipinski definition) is 1. The van der Waals surface area contributed by atoms with E-state index in [0.29, 0.717) is 11.5 Å². The molecule has 0 bridgehead atoms. The first-order chi connectivity index (χ1) is 7.60. The summed E-state index contributed by atoms with van der Waals surface area (Å²) >= 11 is 0. The summed E-state index contributed by atoms with van der Waals surface area (Å²) in [5.41, 5.74) is 6.57. The van der Waals surface area contributed by atoms with E-state index in [4.69, 9.17) is 5.73 Å². The van der Waals surface area contributed by atoms with Crippen LogP contribution in [-0.4, -0.2) is 30.1 Å². The van der Waals surface area contributed by atoms with Crippen molar-refractivity contribution in [3.63, 3.8) is 0 Å². The zero-order valence-electron chi connectivity index (χ0n) is 11.2. The maximum absolute atomic E-state index is 5.97. The second-order valence-corrected chi connectivity index (χ2v) is 6.26. The number of nitrogens with two attached hydrogens (primary N) is 1. The van der Waals surface area contributed by atoms with Crippen LogP contribution in [0.4, 0.5) is 0 Å². The number of hydrogen-bond acceptors (Lipinski definition) is 2. The van der Waals surface area contributed by atoms with Crippen LogP contribution in [0, 0.1) is 11.3 Å². The second kappa shape index (κ2) is 4.66. The standard InChI is InChI=1S/C14H28N2/c1-4-12-5-8-16(13(9-12)10-15)11(2)14(3)6-7-14/h11-13H,4-10,15H2,1-3H3. The molecule has 2 nitrogen and oxygen atoms in total. The normalized spacial score (nSPS) is 36.0. The summed E-state index contributed by atoms with van der Waals surface area (Å²) in [5, 5.41) is 0. The Kier molecular flexibility index (Phi) is 3.60. The topological polar surface area (TPSA) is 29.3 Å². The first-order valence-electron chi connectivity index (χ1n) is 7.06. The fraction of sp³-hybridized carbons (Fsp3) is 1.00. The highest BCUT2D eigenvalue weighted by molar-refractivity contribution is 5.00. The van der Waals surface area contributed by atoms with Gasteiger partial charge in [0.05, 0.1) is 0 Å². The van der Waals surface area contributed by atoms with E-state index in [1.54, 1.807) is 0 Å². The van der Waals surface area contributed by atoms with Gasteiger partial charge in [-0.25, -0.2) is 0 Å². The minimum absolute atomic E-state index is 0.604. The number of nitrogens with zero attached hydrogens (tertiary/aromatic N) is 1. The summed E-state index contributed by atoms with van der Waals surface area (Å²) in [4.78, 5) is 2.71. The third kappa shape index (κ3) is 2.28. The van der Waals surface area contributed by atoms with Crippen LogP contribution in [0.2, 0.25) is 0 Å². The van der Waals surface area contributed by atoms with E-state index in [1.165, 1.54) is 38.6 Å². The Bertz CT molecular complexity index is 235. The molecule has 2 aliphatic rings. The van der Waals surface area contributed by atoms with Crippen molar-refractivity contribution >= 4 is 0 Å². The van der Waals surface area contributed by atoms with E-state index in [2.05, 4.69) is 25.7 Å². The molecule has 0 aromatic heterocycles. The lowest BCUT2D eigenvalue weighted by Crippen LogP contribution is -2.52. The van der Waals surface area contributed by atoms with E-state index >= 15 is 0 Å². The molecule has 3 atom stereocenters. The average molecular weight is 224 g/mol. The molecule has 94 valence electrons. The average Bonchev–Trinajstić information content (AvgIpc) is 3.06. The van der Waals surface area contributed by atoms with Gasteiger partial charge in [-0.05, 0) is 50.5 Å². The van der Waals surface area contributed by atoms with Gasteiger partial charge < -0.3 is 5.73 Å². The lowest BCUT2D eigenvalue weighted by atomic mass is 9.86. The van der Waals surface area contributed by atoms with Crippen LogP contribution >= 0.6 is 0 Å². The molecule has 1 aliphatic heterocycles. The quantitative estimate of drug-likeness (QED) is 0.795. The van der Waals surface area contributed by atoms with Crippen LogP contribution in [0.3, 0.4) is 0 Å². The molecule has 3 unspecified atom stereocenters. The van der Waals surface area contributed by atoms with Crippen molar-refractivity contribution in [1.29, 1.82) is 0 Å². The van der Waals surface area contributed by atoms with Gasteiger partial charge in [0.1, 0.15) is 0 Å². The lowest BCUT2D eigenvalue weighted by molar-refractivity contribution is 0.0479. The fourth-order valence-corrected chi connectivity index (χ4v) is 3.28. The third-order valence-corrected chi connectivity index (χ3v) is 5.26. The lowest BCUT2D eigenvalue weighted by Gasteiger charge is -2.44. The molecule has 16 heavy (non-hydrogen) atoms. The van der Waals surface area contributed by atoms with Crippen LogP contribution < -0.4 is 5.73 Å². The van der Waals surface area contributed by atoms with Gasteiger partial charge >= 0.3 is 0 Å². The summed E-state index contributed by atoms with van der Waals surface area (Å²) in [7, 11) is 0. The van der Waals surface area contributed by atoms with Crippen molar-refractivity contribution in [3.8, 4) is 0 Å². The molecular weight excluding hydrogens is 196 g/mol. The first kappa shape index (κ1) is 12.4. The van der Waals surface area contributed by atoms with Crippen molar-refractivity contribution in [1.82, 2.24) is 4.90 Å². The summed E-state index contributed by atoms with van der Waals surface area (Å²) in [6.45, 7) is 9.30. The minimum atomic E-state index is 0.604.